The van der Waals surface area contributed by atoms with Gasteiger partial charge in [-0.05, 0) is 226 Å². The molecular formula is C45H118O14Si11. The first kappa shape index (κ1) is 76.1. The number of aliphatic hydroxyl groups excluding tert-OH is 5. The molecule has 0 saturated carbocycles. The van der Waals surface area contributed by atoms with Crippen LogP contribution in [0.3, 0.4) is 0 Å². The molecule has 0 atom stereocenters. The van der Waals surface area contributed by atoms with Crippen molar-refractivity contribution >= 4 is 92.2 Å². The molecule has 0 bridgehead atoms. The van der Waals surface area contributed by atoms with Gasteiger partial charge in [-0.25, -0.2) is 0 Å². The normalized spacial score (nSPS) is 14.3. The predicted molar refractivity (Wildman–Crippen MR) is 324 cm³/mol. The van der Waals surface area contributed by atoms with Crippen molar-refractivity contribution in [1.29, 1.82) is 0 Å². The molecule has 0 aliphatic heterocycles. The Morgan fingerprint density at radius 1 is 0.286 bits per heavy atom. The Kier molecular flexibility index (Phi) is 36.2. The van der Waals surface area contributed by atoms with Crippen LogP contribution in [0.2, 0.25) is 194 Å². The van der Waals surface area contributed by atoms with Crippen molar-refractivity contribution in [3.05, 3.63) is 0 Å². The van der Waals surface area contributed by atoms with Gasteiger partial charge in [0.1, 0.15) is 0 Å². The standard InChI is InChI=1S/C25H64O8Si6.C10H28O3Si3.C10H26O3Si2/c1-34(2,3)30-38(13,31-35(4,5)6)19-15-17-28-23-25(21-26,22-27)24-29-18-16-20-39(14,32-36(7,8)9)33-37(10,11)12;1-14(2,3)12-16(7,10-8-9-11)13-15(4,5)6;1-14(2,9-5-7-11)13-15(3,4)10-6-8-12/h26-27H,15-24H2,1-14H3;11H,8-10H2,1-7H3;11-12H,5-10H2,1-4H3. The fourth-order valence-corrected chi connectivity index (χ4v) is 54.7. The smallest absolute Gasteiger partial charge is 0.314 e. The molecule has 5 N–H and O–H groups in total. The van der Waals surface area contributed by atoms with Gasteiger partial charge in [-0.2, -0.15) is 0 Å². The second-order valence-electron chi connectivity index (χ2n) is 26.9. The fraction of sp³-hybridized carbons (Fsp3) is 1.00. The molecule has 0 saturated heterocycles. The van der Waals surface area contributed by atoms with Crippen molar-refractivity contribution in [2.75, 3.05) is 59.5 Å². The third-order valence-electron chi connectivity index (χ3n) is 9.67. The van der Waals surface area contributed by atoms with E-state index in [0.29, 0.717) is 13.2 Å². The van der Waals surface area contributed by atoms with Crippen molar-refractivity contribution < 1.29 is 63.8 Å². The van der Waals surface area contributed by atoms with Crippen LogP contribution < -0.4 is 0 Å². The molecule has 0 fully saturated rings. The molecule has 0 rings (SSSR count). The van der Waals surface area contributed by atoms with Gasteiger partial charge in [0.15, 0.2) is 66.5 Å². The molecule has 70 heavy (non-hydrogen) atoms. The summed E-state index contributed by atoms with van der Waals surface area (Å²) >= 11 is 0. The maximum Gasteiger partial charge on any atom is 0.314 e. The minimum atomic E-state index is -2.30. The quantitative estimate of drug-likeness (QED) is 0.0292. The second kappa shape index (κ2) is 33.3. The van der Waals surface area contributed by atoms with Gasteiger partial charge in [-0.3, -0.25) is 0 Å². The van der Waals surface area contributed by atoms with E-state index in [1.165, 1.54) is 0 Å². The fourth-order valence-electron chi connectivity index (χ4n) is 8.36. The number of hydrogen-bond acceptors (Lipinski definition) is 14. The van der Waals surface area contributed by atoms with Crippen molar-refractivity contribution in [1.82, 2.24) is 0 Å². The molecule has 0 aliphatic carbocycles. The molecule has 0 aromatic carbocycles. The number of ether oxygens (including phenoxy) is 2. The average molecular weight is 1190 g/mol. The Morgan fingerprint density at radius 2 is 0.500 bits per heavy atom. The van der Waals surface area contributed by atoms with Crippen LogP contribution in [-0.2, 0) is 38.3 Å². The van der Waals surface area contributed by atoms with Gasteiger partial charge in [0.05, 0.1) is 31.8 Å². The second-order valence-corrected chi connectivity index (χ2v) is 74.3. The predicted octanol–water partition coefficient (Wildman–Crippen LogP) is 11.6. The van der Waals surface area contributed by atoms with Crippen LogP contribution in [0.5, 0.6) is 0 Å². The molecule has 0 amide bonds. The van der Waals surface area contributed by atoms with Crippen LogP contribution in [0.15, 0.2) is 0 Å². The Balaban J connectivity index is -0.00000118. The summed E-state index contributed by atoms with van der Waals surface area (Å²) in [5.41, 5.74) is -0.825. The van der Waals surface area contributed by atoms with E-state index >= 15 is 0 Å². The zero-order valence-electron chi connectivity index (χ0n) is 50.3. The summed E-state index contributed by atoms with van der Waals surface area (Å²) in [5.74, 6) is 0. The minimum absolute atomic E-state index is 0.197. The molecule has 0 unspecified atom stereocenters. The SMILES string of the molecule is C[Si](C)(C)O[Si](C)(CCCO)O[Si](C)(C)C.C[Si](C)(C)O[Si](C)(CCCOCC(CO)(CO)COCCC[Si](C)(O[Si](C)(C)C)O[Si](C)(C)C)O[Si](C)(C)C.C[Si](C)(CCCO)O[Si](C)(C)CCCO. The van der Waals surface area contributed by atoms with E-state index in [9.17, 15) is 10.2 Å². The molecule has 0 aliphatic rings. The first-order valence-corrected chi connectivity index (χ1v) is 60.5. The van der Waals surface area contributed by atoms with Gasteiger partial charge < -0.3 is 63.8 Å². The van der Waals surface area contributed by atoms with Gasteiger partial charge in [-0.1, -0.05) is 0 Å². The van der Waals surface area contributed by atoms with Crippen LogP contribution in [-0.4, -0.2) is 177 Å². The zero-order chi connectivity index (χ0) is 55.8. The minimum Gasteiger partial charge on any atom is -0.455 e. The summed E-state index contributed by atoms with van der Waals surface area (Å²) in [5, 5.41) is 46.8. The third-order valence-corrected chi connectivity index (χ3v) is 46.1. The number of aliphatic hydroxyl groups is 5. The monoisotopic (exact) mass is 1190 g/mol. The topological polar surface area (TPSA) is 184 Å². The average Bonchev–Trinajstić information content (AvgIpc) is 3.10. The Bertz CT molecular complexity index is 1220. The summed E-state index contributed by atoms with van der Waals surface area (Å²) in [7, 11) is -19.9. The molecule has 0 aromatic heterocycles. The van der Waals surface area contributed by atoms with E-state index in [4.69, 9.17) is 53.6 Å². The summed E-state index contributed by atoms with van der Waals surface area (Å²) < 4.78 is 57.1. The van der Waals surface area contributed by atoms with Crippen LogP contribution in [0.1, 0.15) is 32.1 Å². The van der Waals surface area contributed by atoms with Gasteiger partial charge in [0.2, 0.25) is 0 Å². The zero-order valence-corrected chi connectivity index (χ0v) is 61.3. The van der Waals surface area contributed by atoms with Crippen molar-refractivity contribution in [3.63, 3.8) is 0 Å². The molecule has 0 spiro atoms. The van der Waals surface area contributed by atoms with E-state index in [0.717, 1.165) is 62.3 Å². The van der Waals surface area contributed by atoms with E-state index in [1.807, 2.05) is 0 Å². The highest BCUT2D eigenvalue weighted by atomic mass is 28.5. The van der Waals surface area contributed by atoms with E-state index in [1.54, 1.807) is 0 Å². The molecule has 0 heterocycles. The van der Waals surface area contributed by atoms with Crippen molar-refractivity contribution in [2.24, 2.45) is 5.41 Å². The maximum absolute atomic E-state index is 10.1. The lowest BCUT2D eigenvalue weighted by Gasteiger charge is -2.38. The van der Waals surface area contributed by atoms with E-state index in [-0.39, 0.29) is 46.2 Å². The molecule has 426 valence electrons. The van der Waals surface area contributed by atoms with Crippen LogP contribution in [0, 0.1) is 5.41 Å². The third kappa shape index (κ3) is 46.0. The van der Waals surface area contributed by atoms with Gasteiger partial charge in [-0.15, -0.1) is 0 Å². The molecular weight excluding hydrogens is 1070 g/mol. The highest BCUT2D eigenvalue weighted by Crippen LogP contribution is 2.29. The first-order valence-electron chi connectivity index (χ1n) is 26.3. The Hall–Kier alpha value is 1.83. The highest BCUT2D eigenvalue weighted by molar-refractivity contribution is 6.89. The lowest BCUT2D eigenvalue weighted by Crippen LogP contribution is -2.52. The summed E-state index contributed by atoms with van der Waals surface area (Å²) in [6.45, 7) is 57.0. The van der Waals surface area contributed by atoms with E-state index < -0.39 is 97.6 Å². The van der Waals surface area contributed by atoms with Gasteiger partial charge in [0, 0.05) is 33.0 Å². The van der Waals surface area contributed by atoms with E-state index in [2.05, 4.69) is 164 Å². The Morgan fingerprint density at radius 3 is 0.700 bits per heavy atom. The van der Waals surface area contributed by atoms with Crippen molar-refractivity contribution in [3.8, 4) is 0 Å². The largest absolute Gasteiger partial charge is 0.455 e. The lowest BCUT2D eigenvalue weighted by molar-refractivity contribution is -0.0768. The van der Waals surface area contributed by atoms with Gasteiger partial charge in [0.25, 0.3) is 0 Å². The summed E-state index contributed by atoms with van der Waals surface area (Å²) in [6.07, 6.45) is 4.14. The van der Waals surface area contributed by atoms with Crippen LogP contribution >= 0.6 is 0 Å². The molecule has 0 radical (unpaired) electrons. The molecule has 14 nitrogen and oxygen atoms in total. The molecule has 25 heteroatoms. The first-order chi connectivity index (χ1) is 31.2. The lowest BCUT2D eigenvalue weighted by atomic mass is 9.92. The van der Waals surface area contributed by atoms with Crippen LogP contribution in [0.25, 0.3) is 0 Å². The van der Waals surface area contributed by atoms with Gasteiger partial charge >= 0.3 is 25.7 Å². The number of hydrogen-bond donors (Lipinski definition) is 5. The van der Waals surface area contributed by atoms with Crippen molar-refractivity contribution in [2.45, 2.75) is 226 Å². The summed E-state index contributed by atoms with van der Waals surface area (Å²) in [4.78, 5) is 0. The number of rotatable bonds is 37. The Labute approximate surface area is 444 Å². The molecule has 0 aromatic rings. The maximum atomic E-state index is 10.1. The van der Waals surface area contributed by atoms with Crippen LogP contribution in [0.4, 0.5) is 0 Å². The highest BCUT2D eigenvalue weighted by Gasteiger charge is 2.42. The summed E-state index contributed by atoms with van der Waals surface area (Å²) in [6, 6.07) is 4.69.